The maximum Gasteiger partial charge on any atom is 0.191 e. The van der Waals surface area contributed by atoms with Gasteiger partial charge < -0.3 is 15.5 Å². The van der Waals surface area contributed by atoms with Crippen molar-refractivity contribution in [2.75, 3.05) is 32.1 Å². The van der Waals surface area contributed by atoms with E-state index in [0.29, 0.717) is 12.2 Å². The Bertz CT molecular complexity index is 463. The van der Waals surface area contributed by atoms with Gasteiger partial charge in [0.05, 0.1) is 12.2 Å². The molecule has 1 rings (SSSR count). The highest BCUT2D eigenvalue weighted by Gasteiger charge is 2.05. The van der Waals surface area contributed by atoms with E-state index in [1.165, 1.54) is 0 Å². The standard InChI is InChI=1S/C16H27FN4.HI/c1-5-7-10-19-16(18-6-2)20-12-13-8-9-15(21(3)4)14(17)11-13;/h8-9,11H,5-7,10,12H2,1-4H3,(H2,18,19,20);1H. The van der Waals surface area contributed by atoms with Gasteiger partial charge >= 0.3 is 0 Å². The highest BCUT2D eigenvalue weighted by atomic mass is 127. The lowest BCUT2D eigenvalue weighted by atomic mass is 10.2. The van der Waals surface area contributed by atoms with Gasteiger partial charge in [-0.3, -0.25) is 0 Å². The van der Waals surface area contributed by atoms with Gasteiger partial charge in [-0.25, -0.2) is 9.38 Å². The van der Waals surface area contributed by atoms with Crippen LogP contribution in [0.1, 0.15) is 32.3 Å². The largest absolute Gasteiger partial charge is 0.375 e. The molecule has 0 fully saturated rings. The molecule has 0 bridgehead atoms. The van der Waals surface area contributed by atoms with E-state index < -0.39 is 0 Å². The van der Waals surface area contributed by atoms with Gasteiger partial charge in [-0.05, 0) is 31.0 Å². The molecule has 0 aliphatic rings. The van der Waals surface area contributed by atoms with Gasteiger partial charge in [0.25, 0.3) is 0 Å². The van der Waals surface area contributed by atoms with E-state index in [-0.39, 0.29) is 29.8 Å². The maximum atomic E-state index is 13.9. The third kappa shape index (κ3) is 7.29. The van der Waals surface area contributed by atoms with Crippen LogP contribution in [0, 0.1) is 5.82 Å². The first kappa shape index (κ1) is 20.9. The second-order valence-corrected chi connectivity index (χ2v) is 5.16. The average molecular weight is 422 g/mol. The molecule has 4 nitrogen and oxygen atoms in total. The molecule has 0 saturated heterocycles. The van der Waals surface area contributed by atoms with Crippen LogP contribution in [0.3, 0.4) is 0 Å². The Morgan fingerprint density at radius 3 is 2.50 bits per heavy atom. The Hall–Kier alpha value is -1.05. The van der Waals surface area contributed by atoms with E-state index in [2.05, 4.69) is 22.5 Å². The first-order valence-corrected chi connectivity index (χ1v) is 7.56. The molecule has 0 spiro atoms. The SMILES string of the molecule is CCCCNC(=NCc1ccc(N(C)C)c(F)c1)NCC.I. The summed E-state index contributed by atoms with van der Waals surface area (Å²) in [5.74, 6) is 0.569. The molecule has 0 saturated carbocycles. The number of benzene rings is 1. The molecule has 1 aromatic rings. The van der Waals surface area contributed by atoms with Crippen LogP contribution in [0.5, 0.6) is 0 Å². The topological polar surface area (TPSA) is 39.7 Å². The van der Waals surface area contributed by atoms with Crippen LogP contribution in [0.15, 0.2) is 23.2 Å². The summed E-state index contributed by atoms with van der Waals surface area (Å²) >= 11 is 0. The van der Waals surface area contributed by atoms with Gasteiger partial charge in [-0.1, -0.05) is 19.4 Å². The van der Waals surface area contributed by atoms with Crippen LogP contribution >= 0.6 is 24.0 Å². The minimum Gasteiger partial charge on any atom is -0.375 e. The van der Waals surface area contributed by atoms with E-state index in [1.807, 2.05) is 27.1 Å². The van der Waals surface area contributed by atoms with Gasteiger partial charge in [-0.15, -0.1) is 24.0 Å². The normalized spacial score (nSPS) is 10.9. The van der Waals surface area contributed by atoms with Crippen molar-refractivity contribution >= 4 is 35.6 Å². The van der Waals surface area contributed by atoms with Crippen molar-refractivity contribution in [1.82, 2.24) is 10.6 Å². The molecule has 22 heavy (non-hydrogen) atoms. The fourth-order valence-electron chi connectivity index (χ4n) is 1.91. The van der Waals surface area contributed by atoms with Crippen LogP contribution in [-0.2, 0) is 6.54 Å². The fourth-order valence-corrected chi connectivity index (χ4v) is 1.91. The molecular formula is C16H28FIN4. The highest BCUT2D eigenvalue weighted by Crippen LogP contribution is 2.18. The zero-order valence-corrected chi connectivity index (χ0v) is 16.3. The molecule has 1 aromatic carbocycles. The summed E-state index contributed by atoms with van der Waals surface area (Å²) in [7, 11) is 3.66. The lowest BCUT2D eigenvalue weighted by molar-refractivity contribution is 0.623. The van der Waals surface area contributed by atoms with Gasteiger partial charge in [0.2, 0.25) is 0 Å². The van der Waals surface area contributed by atoms with Gasteiger partial charge in [-0.2, -0.15) is 0 Å². The number of nitrogens with one attached hydrogen (secondary N) is 2. The minimum atomic E-state index is -0.211. The summed E-state index contributed by atoms with van der Waals surface area (Å²) in [6, 6.07) is 5.25. The van der Waals surface area contributed by atoms with Crippen molar-refractivity contribution < 1.29 is 4.39 Å². The molecule has 0 aliphatic carbocycles. The van der Waals surface area contributed by atoms with Crippen molar-refractivity contribution in [3.05, 3.63) is 29.6 Å². The molecule has 0 aromatic heterocycles. The third-order valence-corrected chi connectivity index (χ3v) is 3.08. The van der Waals surface area contributed by atoms with Crippen LogP contribution in [0.25, 0.3) is 0 Å². The predicted octanol–water partition coefficient (Wildman–Crippen LogP) is 3.36. The highest BCUT2D eigenvalue weighted by molar-refractivity contribution is 14.0. The zero-order chi connectivity index (χ0) is 15.7. The summed E-state index contributed by atoms with van der Waals surface area (Å²) in [6.45, 7) is 6.36. The first-order valence-electron chi connectivity index (χ1n) is 7.56. The van der Waals surface area contributed by atoms with E-state index in [0.717, 1.165) is 37.5 Å². The monoisotopic (exact) mass is 422 g/mol. The van der Waals surface area contributed by atoms with Gasteiger partial charge in [0, 0.05) is 27.2 Å². The molecule has 0 heterocycles. The third-order valence-electron chi connectivity index (χ3n) is 3.08. The van der Waals surface area contributed by atoms with Gasteiger partial charge in [0.1, 0.15) is 5.82 Å². The molecular weight excluding hydrogens is 394 g/mol. The van der Waals surface area contributed by atoms with Crippen LogP contribution in [0.2, 0.25) is 0 Å². The molecule has 0 atom stereocenters. The summed E-state index contributed by atoms with van der Waals surface area (Å²) in [5, 5.41) is 6.47. The summed E-state index contributed by atoms with van der Waals surface area (Å²) in [6.07, 6.45) is 2.25. The minimum absolute atomic E-state index is 0. The van der Waals surface area contributed by atoms with E-state index in [1.54, 1.807) is 17.0 Å². The van der Waals surface area contributed by atoms with Crippen LogP contribution in [-0.4, -0.2) is 33.1 Å². The van der Waals surface area contributed by atoms with Crippen molar-refractivity contribution in [3.63, 3.8) is 0 Å². The zero-order valence-electron chi connectivity index (χ0n) is 13.9. The molecule has 0 radical (unpaired) electrons. The van der Waals surface area contributed by atoms with Crippen LogP contribution in [0.4, 0.5) is 10.1 Å². The number of hydrogen-bond donors (Lipinski definition) is 2. The van der Waals surface area contributed by atoms with E-state index in [4.69, 9.17) is 0 Å². The van der Waals surface area contributed by atoms with E-state index in [9.17, 15) is 4.39 Å². The lowest BCUT2D eigenvalue weighted by Gasteiger charge is -2.14. The average Bonchev–Trinajstić information content (AvgIpc) is 2.44. The number of rotatable bonds is 7. The lowest BCUT2D eigenvalue weighted by Crippen LogP contribution is -2.37. The Morgan fingerprint density at radius 1 is 1.23 bits per heavy atom. The Balaban J connectivity index is 0.00000441. The second-order valence-electron chi connectivity index (χ2n) is 5.16. The predicted molar refractivity (Wildman–Crippen MR) is 104 cm³/mol. The van der Waals surface area contributed by atoms with Gasteiger partial charge in [0.15, 0.2) is 5.96 Å². The summed E-state index contributed by atoms with van der Waals surface area (Å²) < 4.78 is 13.9. The molecule has 126 valence electrons. The molecule has 6 heteroatoms. The number of aliphatic imine (C=N–C) groups is 1. The Morgan fingerprint density at radius 2 is 1.95 bits per heavy atom. The van der Waals surface area contributed by atoms with Crippen LogP contribution < -0.4 is 15.5 Å². The second kappa shape index (κ2) is 11.5. The summed E-state index contributed by atoms with van der Waals surface area (Å²) in [4.78, 5) is 6.25. The molecule has 0 aliphatic heterocycles. The first-order chi connectivity index (χ1) is 10.1. The Kier molecular flexibility index (Phi) is 11.0. The fraction of sp³-hybridized carbons (Fsp3) is 0.562. The number of unbranched alkanes of at least 4 members (excludes halogenated alkanes) is 1. The van der Waals surface area contributed by atoms with Crippen molar-refractivity contribution in [3.8, 4) is 0 Å². The van der Waals surface area contributed by atoms with Crippen molar-refractivity contribution in [2.45, 2.75) is 33.2 Å². The number of anilines is 1. The number of guanidine groups is 1. The summed E-state index contributed by atoms with van der Waals surface area (Å²) in [5.41, 5.74) is 1.46. The van der Waals surface area contributed by atoms with Crippen molar-refractivity contribution in [1.29, 1.82) is 0 Å². The molecule has 2 N–H and O–H groups in total. The maximum absolute atomic E-state index is 13.9. The quantitative estimate of drug-likeness (QED) is 0.307. The number of halogens is 2. The molecule has 0 unspecified atom stereocenters. The van der Waals surface area contributed by atoms with Crippen molar-refractivity contribution in [2.24, 2.45) is 4.99 Å². The number of nitrogens with zero attached hydrogens (tertiary/aromatic N) is 2. The smallest absolute Gasteiger partial charge is 0.191 e. The Labute approximate surface area is 150 Å². The number of hydrogen-bond acceptors (Lipinski definition) is 2. The van der Waals surface area contributed by atoms with E-state index >= 15 is 0 Å². The molecule has 0 amide bonds.